The number of halogens is 3. The molecule has 3 aromatic rings. The molecule has 2 amide bonds. The fourth-order valence-electron chi connectivity index (χ4n) is 2.44. The molecule has 1 heterocycles. The molecule has 0 aliphatic heterocycles. The van der Waals surface area contributed by atoms with Crippen LogP contribution in [0.2, 0.25) is 0 Å². The van der Waals surface area contributed by atoms with Crippen molar-refractivity contribution in [2.45, 2.75) is 19.5 Å². The SMILES string of the molecule is CN(Cc1nc2ccccc2s1)C(=O)NCc1ccccc1OC(F)(F)F. The largest absolute Gasteiger partial charge is 0.573 e. The molecular formula is C18H16F3N3O2S. The molecule has 0 radical (unpaired) electrons. The van der Waals surface area contributed by atoms with E-state index in [-0.39, 0.29) is 17.9 Å². The zero-order valence-corrected chi connectivity index (χ0v) is 15.1. The number of aromatic nitrogens is 1. The molecule has 0 atom stereocenters. The number of ether oxygens (including phenoxy) is 1. The minimum atomic E-state index is -4.79. The second-order valence-electron chi connectivity index (χ2n) is 5.75. The lowest BCUT2D eigenvalue weighted by atomic mass is 10.2. The molecule has 0 spiro atoms. The van der Waals surface area contributed by atoms with Crippen molar-refractivity contribution in [3.8, 4) is 5.75 Å². The molecule has 0 bridgehead atoms. The van der Waals surface area contributed by atoms with Crippen LogP contribution < -0.4 is 10.1 Å². The van der Waals surface area contributed by atoms with Crippen LogP contribution in [-0.4, -0.2) is 29.3 Å². The first-order chi connectivity index (χ1) is 12.8. The minimum Gasteiger partial charge on any atom is -0.405 e. The number of rotatable bonds is 5. The van der Waals surface area contributed by atoms with Crippen LogP contribution >= 0.6 is 11.3 Å². The number of para-hydroxylation sites is 2. The molecule has 5 nitrogen and oxygen atoms in total. The third-order valence-electron chi connectivity index (χ3n) is 3.69. The van der Waals surface area contributed by atoms with Crippen LogP contribution in [0.25, 0.3) is 10.2 Å². The number of thiazole rings is 1. The molecular weight excluding hydrogens is 379 g/mol. The lowest BCUT2D eigenvalue weighted by Gasteiger charge is -2.18. The normalized spacial score (nSPS) is 11.4. The van der Waals surface area contributed by atoms with Crippen LogP contribution in [0.5, 0.6) is 5.75 Å². The first-order valence-corrected chi connectivity index (χ1v) is 8.80. The van der Waals surface area contributed by atoms with Gasteiger partial charge in [-0.15, -0.1) is 24.5 Å². The lowest BCUT2D eigenvalue weighted by molar-refractivity contribution is -0.274. The lowest BCUT2D eigenvalue weighted by Crippen LogP contribution is -2.36. The first-order valence-electron chi connectivity index (χ1n) is 7.99. The van der Waals surface area contributed by atoms with Crippen molar-refractivity contribution in [2.24, 2.45) is 0 Å². The van der Waals surface area contributed by atoms with Gasteiger partial charge in [0.25, 0.3) is 0 Å². The summed E-state index contributed by atoms with van der Waals surface area (Å²) in [5, 5.41) is 3.37. The quantitative estimate of drug-likeness (QED) is 0.690. The van der Waals surface area contributed by atoms with E-state index in [0.717, 1.165) is 15.2 Å². The molecule has 0 saturated heterocycles. The second-order valence-corrected chi connectivity index (χ2v) is 6.86. The van der Waals surface area contributed by atoms with E-state index in [1.165, 1.54) is 34.4 Å². The number of carbonyl (C=O) groups is 1. The van der Waals surface area contributed by atoms with E-state index < -0.39 is 12.4 Å². The molecule has 0 saturated carbocycles. The monoisotopic (exact) mass is 395 g/mol. The number of alkyl halides is 3. The number of urea groups is 1. The van der Waals surface area contributed by atoms with E-state index in [1.807, 2.05) is 24.3 Å². The van der Waals surface area contributed by atoms with Gasteiger partial charge in [-0.05, 0) is 18.2 Å². The molecule has 0 unspecified atom stereocenters. The Kier molecular flexibility index (Phi) is 5.50. The summed E-state index contributed by atoms with van der Waals surface area (Å²) in [6, 6.07) is 12.9. The highest BCUT2D eigenvalue weighted by atomic mass is 32.1. The van der Waals surface area contributed by atoms with Gasteiger partial charge < -0.3 is 15.0 Å². The van der Waals surface area contributed by atoms with Crippen molar-refractivity contribution in [2.75, 3.05) is 7.05 Å². The number of hydrogen-bond acceptors (Lipinski definition) is 4. The van der Waals surface area contributed by atoms with E-state index in [9.17, 15) is 18.0 Å². The van der Waals surface area contributed by atoms with Crippen LogP contribution in [0.15, 0.2) is 48.5 Å². The van der Waals surface area contributed by atoms with Gasteiger partial charge in [-0.2, -0.15) is 0 Å². The van der Waals surface area contributed by atoms with Gasteiger partial charge in [0, 0.05) is 19.2 Å². The Balaban J connectivity index is 1.60. The number of hydrogen-bond donors (Lipinski definition) is 1. The van der Waals surface area contributed by atoms with Crippen LogP contribution in [0.1, 0.15) is 10.6 Å². The molecule has 2 aromatic carbocycles. The van der Waals surface area contributed by atoms with Crippen molar-refractivity contribution in [3.05, 3.63) is 59.1 Å². The van der Waals surface area contributed by atoms with Gasteiger partial charge in [0.15, 0.2) is 0 Å². The molecule has 1 N–H and O–H groups in total. The number of nitrogens with zero attached hydrogens (tertiary/aromatic N) is 2. The van der Waals surface area contributed by atoms with Crippen LogP contribution in [0, 0.1) is 0 Å². The third kappa shape index (κ3) is 5.10. The van der Waals surface area contributed by atoms with Crippen LogP contribution in [-0.2, 0) is 13.1 Å². The maximum absolute atomic E-state index is 12.5. The van der Waals surface area contributed by atoms with Crippen molar-refractivity contribution in [3.63, 3.8) is 0 Å². The molecule has 142 valence electrons. The topological polar surface area (TPSA) is 54.5 Å². The van der Waals surface area contributed by atoms with Gasteiger partial charge in [-0.25, -0.2) is 9.78 Å². The van der Waals surface area contributed by atoms with Gasteiger partial charge in [0.2, 0.25) is 0 Å². The number of carbonyl (C=O) groups excluding carboxylic acids is 1. The molecule has 0 aliphatic rings. The molecule has 27 heavy (non-hydrogen) atoms. The van der Waals surface area contributed by atoms with Crippen molar-refractivity contribution < 1.29 is 22.7 Å². The number of benzene rings is 2. The Morgan fingerprint density at radius 2 is 1.89 bits per heavy atom. The second kappa shape index (κ2) is 7.83. The van der Waals surface area contributed by atoms with Gasteiger partial charge >= 0.3 is 12.4 Å². The molecule has 1 aromatic heterocycles. The summed E-state index contributed by atoms with van der Waals surface area (Å²) in [6.45, 7) is 0.209. The first kappa shape index (κ1) is 19.0. The Hall–Kier alpha value is -2.81. The van der Waals surface area contributed by atoms with Gasteiger partial charge in [-0.3, -0.25) is 0 Å². The predicted octanol–water partition coefficient (Wildman–Crippen LogP) is 4.54. The summed E-state index contributed by atoms with van der Waals surface area (Å²) in [5.74, 6) is -0.334. The van der Waals surface area contributed by atoms with E-state index >= 15 is 0 Å². The van der Waals surface area contributed by atoms with Gasteiger partial charge in [-0.1, -0.05) is 30.3 Å². The van der Waals surface area contributed by atoms with Crippen LogP contribution in [0.4, 0.5) is 18.0 Å². The van der Waals surface area contributed by atoms with Crippen LogP contribution in [0.3, 0.4) is 0 Å². The summed E-state index contributed by atoms with van der Waals surface area (Å²) < 4.78 is 42.4. The van der Waals surface area contributed by atoms with Crippen molar-refractivity contribution >= 4 is 27.6 Å². The van der Waals surface area contributed by atoms with Crippen molar-refractivity contribution in [1.82, 2.24) is 15.2 Å². The molecule has 0 fully saturated rings. The summed E-state index contributed by atoms with van der Waals surface area (Å²) in [6.07, 6.45) is -4.79. The molecule has 3 rings (SSSR count). The van der Waals surface area contributed by atoms with E-state index in [0.29, 0.717) is 6.54 Å². The smallest absolute Gasteiger partial charge is 0.405 e. The average Bonchev–Trinajstić information content (AvgIpc) is 3.01. The Morgan fingerprint density at radius 1 is 1.19 bits per heavy atom. The predicted molar refractivity (Wildman–Crippen MR) is 96.4 cm³/mol. The maximum atomic E-state index is 12.5. The molecule has 0 aliphatic carbocycles. The highest BCUT2D eigenvalue weighted by Crippen LogP contribution is 2.26. The number of amides is 2. The summed E-state index contributed by atoms with van der Waals surface area (Å²) in [4.78, 5) is 18.1. The highest BCUT2D eigenvalue weighted by Gasteiger charge is 2.32. The Labute approximate surface area is 157 Å². The van der Waals surface area contributed by atoms with E-state index in [2.05, 4.69) is 15.0 Å². The maximum Gasteiger partial charge on any atom is 0.573 e. The number of fused-ring (bicyclic) bond motifs is 1. The standard InChI is InChI=1S/C18H16F3N3O2S/c1-24(11-16-23-13-7-3-5-9-15(13)27-16)17(25)22-10-12-6-2-4-8-14(12)26-18(19,20)21/h2-9H,10-11H2,1H3,(H,22,25). The van der Waals surface area contributed by atoms with Gasteiger partial charge in [0.05, 0.1) is 16.8 Å². The molecule has 9 heteroatoms. The Morgan fingerprint density at radius 3 is 2.63 bits per heavy atom. The number of nitrogens with one attached hydrogen (secondary N) is 1. The average molecular weight is 395 g/mol. The fraction of sp³-hybridized carbons (Fsp3) is 0.222. The highest BCUT2D eigenvalue weighted by molar-refractivity contribution is 7.18. The third-order valence-corrected chi connectivity index (χ3v) is 4.71. The zero-order valence-electron chi connectivity index (χ0n) is 14.3. The summed E-state index contributed by atoms with van der Waals surface area (Å²) in [5.41, 5.74) is 1.10. The van der Waals surface area contributed by atoms with Gasteiger partial charge in [0.1, 0.15) is 10.8 Å². The van der Waals surface area contributed by atoms with E-state index in [4.69, 9.17) is 0 Å². The fourth-order valence-corrected chi connectivity index (χ4v) is 3.46. The van der Waals surface area contributed by atoms with Crippen molar-refractivity contribution in [1.29, 1.82) is 0 Å². The Bertz CT molecular complexity index is 910. The zero-order chi connectivity index (χ0) is 19.4. The minimum absolute atomic E-state index is 0.0880. The summed E-state index contributed by atoms with van der Waals surface area (Å²) in [7, 11) is 1.60. The summed E-state index contributed by atoms with van der Waals surface area (Å²) >= 11 is 1.49. The van der Waals surface area contributed by atoms with E-state index in [1.54, 1.807) is 13.1 Å².